The largest absolute Gasteiger partial charge is 0.300 e. The molecule has 1 rings (SSSR count). The third-order valence-corrected chi connectivity index (χ3v) is 4.71. The summed E-state index contributed by atoms with van der Waals surface area (Å²) in [5.74, 6) is 2.60. The number of rotatable bonds is 7. The fourth-order valence-corrected chi connectivity index (χ4v) is 3.62. The molecule has 1 aliphatic carbocycles. The van der Waals surface area contributed by atoms with Crippen LogP contribution in [0.25, 0.3) is 0 Å². The lowest BCUT2D eigenvalue weighted by molar-refractivity contribution is -0.118. The first-order valence-electron chi connectivity index (χ1n) is 6.09. The molecule has 15 heavy (non-hydrogen) atoms. The SMILES string of the molecule is CCC(=O)CCCS(=O)CC1CCCC1. The van der Waals surface area contributed by atoms with Gasteiger partial charge in [-0.05, 0) is 25.2 Å². The van der Waals surface area contributed by atoms with Crippen molar-refractivity contribution in [3.8, 4) is 0 Å². The Hall–Kier alpha value is -0.180. The van der Waals surface area contributed by atoms with Gasteiger partial charge >= 0.3 is 0 Å². The van der Waals surface area contributed by atoms with Crippen molar-refractivity contribution in [3.63, 3.8) is 0 Å². The maximum Gasteiger partial charge on any atom is 0.132 e. The van der Waals surface area contributed by atoms with Gasteiger partial charge in [-0.1, -0.05) is 19.8 Å². The predicted octanol–water partition coefficient (Wildman–Crippen LogP) is 2.68. The Bertz CT molecular complexity index is 220. The van der Waals surface area contributed by atoms with E-state index < -0.39 is 10.8 Å². The first kappa shape index (κ1) is 12.9. The highest BCUT2D eigenvalue weighted by molar-refractivity contribution is 7.84. The highest BCUT2D eigenvalue weighted by Crippen LogP contribution is 2.25. The van der Waals surface area contributed by atoms with E-state index in [0.29, 0.717) is 24.5 Å². The van der Waals surface area contributed by atoms with Crippen molar-refractivity contribution in [2.24, 2.45) is 5.92 Å². The summed E-state index contributed by atoms with van der Waals surface area (Å²) in [4.78, 5) is 11.0. The van der Waals surface area contributed by atoms with Gasteiger partial charge in [-0.15, -0.1) is 0 Å². The lowest BCUT2D eigenvalue weighted by atomic mass is 10.1. The lowest BCUT2D eigenvalue weighted by Crippen LogP contribution is -2.11. The predicted molar refractivity (Wildman–Crippen MR) is 64.4 cm³/mol. The fraction of sp³-hybridized carbons (Fsp3) is 0.917. The molecular weight excluding hydrogens is 208 g/mol. The van der Waals surface area contributed by atoms with Gasteiger partial charge in [0.05, 0.1) is 0 Å². The van der Waals surface area contributed by atoms with E-state index in [1.165, 1.54) is 25.7 Å². The van der Waals surface area contributed by atoms with Crippen LogP contribution in [0, 0.1) is 5.92 Å². The molecule has 0 amide bonds. The summed E-state index contributed by atoms with van der Waals surface area (Å²) in [6.07, 6.45) is 7.21. The summed E-state index contributed by atoms with van der Waals surface area (Å²) in [6.45, 7) is 1.89. The normalized spacial score (nSPS) is 19.3. The molecule has 0 N–H and O–H groups in total. The molecule has 1 saturated carbocycles. The van der Waals surface area contributed by atoms with Crippen molar-refractivity contribution in [2.45, 2.75) is 51.9 Å². The van der Waals surface area contributed by atoms with Crippen LogP contribution in [-0.4, -0.2) is 21.5 Å². The third kappa shape index (κ3) is 5.45. The molecule has 1 unspecified atom stereocenters. The summed E-state index contributed by atoms with van der Waals surface area (Å²) < 4.78 is 11.7. The second-order valence-corrected chi connectivity index (χ2v) is 6.08. The van der Waals surface area contributed by atoms with Gasteiger partial charge in [0, 0.05) is 35.1 Å². The average molecular weight is 230 g/mol. The fourth-order valence-electron chi connectivity index (χ4n) is 2.13. The van der Waals surface area contributed by atoms with Gasteiger partial charge < -0.3 is 0 Å². The second-order valence-electron chi connectivity index (χ2n) is 4.46. The summed E-state index contributed by atoms with van der Waals surface area (Å²) in [7, 11) is -0.680. The number of carbonyl (C=O) groups is 1. The van der Waals surface area contributed by atoms with Gasteiger partial charge in [0.2, 0.25) is 0 Å². The molecule has 0 heterocycles. The Morgan fingerprint density at radius 3 is 2.60 bits per heavy atom. The quantitative estimate of drug-likeness (QED) is 0.674. The van der Waals surface area contributed by atoms with Crippen molar-refractivity contribution in [2.75, 3.05) is 11.5 Å². The first-order chi connectivity index (χ1) is 7.22. The van der Waals surface area contributed by atoms with Gasteiger partial charge in [0.15, 0.2) is 0 Å². The summed E-state index contributed by atoms with van der Waals surface area (Å²) in [6, 6.07) is 0. The van der Waals surface area contributed by atoms with E-state index in [1.54, 1.807) is 0 Å². The summed E-state index contributed by atoms with van der Waals surface area (Å²) >= 11 is 0. The van der Waals surface area contributed by atoms with E-state index >= 15 is 0 Å². The zero-order valence-corrected chi connectivity index (χ0v) is 10.5. The molecule has 0 aromatic rings. The van der Waals surface area contributed by atoms with Crippen LogP contribution in [0.5, 0.6) is 0 Å². The molecule has 0 aromatic carbocycles. The van der Waals surface area contributed by atoms with Crippen LogP contribution in [0.2, 0.25) is 0 Å². The van der Waals surface area contributed by atoms with E-state index in [9.17, 15) is 9.00 Å². The van der Waals surface area contributed by atoms with E-state index in [1.807, 2.05) is 6.92 Å². The van der Waals surface area contributed by atoms with E-state index in [-0.39, 0.29) is 0 Å². The minimum Gasteiger partial charge on any atom is -0.300 e. The van der Waals surface area contributed by atoms with Crippen LogP contribution < -0.4 is 0 Å². The topological polar surface area (TPSA) is 34.1 Å². The number of ketones is 1. The molecule has 3 heteroatoms. The van der Waals surface area contributed by atoms with Gasteiger partial charge in [-0.3, -0.25) is 9.00 Å². The molecule has 0 spiro atoms. The number of hydrogen-bond acceptors (Lipinski definition) is 2. The van der Waals surface area contributed by atoms with Crippen LogP contribution in [0.3, 0.4) is 0 Å². The molecule has 0 saturated heterocycles. The number of hydrogen-bond donors (Lipinski definition) is 0. The zero-order chi connectivity index (χ0) is 11.1. The number of carbonyl (C=O) groups excluding carboxylic acids is 1. The Labute approximate surface area is 95.3 Å². The van der Waals surface area contributed by atoms with Gasteiger partial charge in [0.25, 0.3) is 0 Å². The van der Waals surface area contributed by atoms with Crippen LogP contribution in [-0.2, 0) is 15.6 Å². The highest BCUT2D eigenvalue weighted by Gasteiger charge is 2.17. The van der Waals surface area contributed by atoms with Crippen LogP contribution in [0.15, 0.2) is 0 Å². The molecule has 0 bridgehead atoms. The highest BCUT2D eigenvalue weighted by atomic mass is 32.2. The van der Waals surface area contributed by atoms with Gasteiger partial charge in [-0.2, -0.15) is 0 Å². The molecule has 1 fully saturated rings. The Morgan fingerprint density at radius 2 is 2.00 bits per heavy atom. The van der Waals surface area contributed by atoms with E-state index in [4.69, 9.17) is 0 Å². The Kier molecular flexibility index (Phi) is 6.15. The van der Waals surface area contributed by atoms with Crippen molar-refractivity contribution in [1.29, 1.82) is 0 Å². The maximum absolute atomic E-state index is 11.7. The van der Waals surface area contributed by atoms with Gasteiger partial charge in [-0.25, -0.2) is 0 Å². The van der Waals surface area contributed by atoms with Crippen molar-refractivity contribution in [3.05, 3.63) is 0 Å². The smallest absolute Gasteiger partial charge is 0.132 e. The lowest BCUT2D eigenvalue weighted by Gasteiger charge is -2.07. The molecule has 1 aliphatic rings. The van der Waals surface area contributed by atoms with Crippen LogP contribution in [0.4, 0.5) is 0 Å². The minimum atomic E-state index is -0.680. The summed E-state index contributed by atoms with van der Waals surface area (Å²) in [5, 5.41) is 0. The zero-order valence-electron chi connectivity index (χ0n) is 9.67. The molecule has 0 radical (unpaired) electrons. The van der Waals surface area contributed by atoms with Crippen molar-refractivity contribution < 1.29 is 9.00 Å². The van der Waals surface area contributed by atoms with Crippen molar-refractivity contribution >= 4 is 16.6 Å². The van der Waals surface area contributed by atoms with E-state index in [2.05, 4.69) is 0 Å². The maximum atomic E-state index is 11.7. The Balaban J connectivity index is 2.05. The molecule has 0 aromatic heterocycles. The second kappa shape index (κ2) is 7.15. The monoisotopic (exact) mass is 230 g/mol. The molecule has 1 atom stereocenters. The third-order valence-electron chi connectivity index (χ3n) is 3.12. The standard InChI is InChI=1S/C12H22O2S/c1-2-12(13)8-5-9-15(14)10-11-6-3-4-7-11/h11H,2-10H2,1H3. The van der Waals surface area contributed by atoms with Crippen LogP contribution in [0.1, 0.15) is 51.9 Å². The molecule has 2 nitrogen and oxygen atoms in total. The summed E-state index contributed by atoms with van der Waals surface area (Å²) in [5.41, 5.74) is 0. The molecule has 0 aliphatic heterocycles. The molecule has 88 valence electrons. The first-order valence-corrected chi connectivity index (χ1v) is 7.58. The van der Waals surface area contributed by atoms with E-state index in [0.717, 1.165) is 17.9 Å². The molecular formula is C12H22O2S. The number of Topliss-reactive ketones (excluding diaryl/α,β-unsaturated/α-hetero) is 1. The average Bonchev–Trinajstić information content (AvgIpc) is 2.70. The van der Waals surface area contributed by atoms with Crippen molar-refractivity contribution in [1.82, 2.24) is 0 Å². The minimum absolute atomic E-state index is 0.299. The van der Waals surface area contributed by atoms with Crippen LogP contribution >= 0.6 is 0 Å². The Morgan fingerprint density at radius 1 is 1.33 bits per heavy atom. The van der Waals surface area contributed by atoms with Gasteiger partial charge in [0.1, 0.15) is 5.78 Å².